The minimum atomic E-state index is 0. The molecule has 1 saturated heterocycles. The molecule has 4 rings (SSSR count). The Morgan fingerprint density at radius 3 is 2.56 bits per heavy atom. The Morgan fingerprint density at radius 1 is 1.04 bits per heavy atom. The fourth-order valence-corrected chi connectivity index (χ4v) is 4.15. The lowest BCUT2D eigenvalue weighted by molar-refractivity contribution is -0.132. The van der Waals surface area contributed by atoms with Crippen molar-refractivity contribution >= 4 is 5.91 Å². The maximum Gasteiger partial charge on any atom is 0.222 e. The van der Waals surface area contributed by atoms with Gasteiger partial charge in [-0.2, -0.15) is 0 Å². The summed E-state index contributed by atoms with van der Waals surface area (Å²) in [4.78, 5) is 18.7. The van der Waals surface area contributed by atoms with E-state index in [0.29, 0.717) is 18.2 Å². The monoisotopic (exact) mass is 365 g/mol. The second-order valence-corrected chi connectivity index (χ2v) is 7.59. The fraction of sp³-hybridized carbons (Fsp3) is 0.478. The van der Waals surface area contributed by atoms with Crippen LogP contribution in [-0.2, 0) is 30.7 Å². The van der Waals surface area contributed by atoms with Crippen molar-refractivity contribution in [1.29, 1.82) is 0 Å². The van der Waals surface area contributed by atoms with Crippen molar-refractivity contribution in [2.24, 2.45) is 5.92 Å². The molecule has 4 nitrogen and oxygen atoms in total. The Balaban J connectivity index is 0.00000210. The highest BCUT2D eigenvalue weighted by Gasteiger charge is 2.22. The molecule has 2 aliphatic heterocycles. The molecule has 1 aromatic heterocycles. The van der Waals surface area contributed by atoms with E-state index in [4.69, 9.17) is 0 Å². The van der Waals surface area contributed by atoms with Gasteiger partial charge >= 0.3 is 0 Å². The first kappa shape index (κ1) is 19.6. The van der Waals surface area contributed by atoms with Crippen LogP contribution < -0.4 is 5.32 Å². The van der Waals surface area contributed by atoms with Crippen molar-refractivity contribution < 1.29 is 4.79 Å². The van der Waals surface area contributed by atoms with Gasteiger partial charge in [0, 0.05) is 45.0 Å². The van der Waals surface area contributed by atoms with Gasteiger partial charge in [0.2, 0.25) is 5.91 Å². The number of benzene rings is 1. The lowest BCUT2D eigenvalue weighted by atomic mass is 9.90. The topological polar surface area (TPSA) is 45.2 Å². The standard InChI is InChI=1S/C22H27N3O.CH4/c26-22(4-2-17-1-3-20-15-24-16-21(20)14-17)25-11-7-19(8-12-25)13-18-5-9-23-10-6-18;/h1,3,5-6,9-10,14,19,24H,2,4,7-8,11-13,15-16H2;1H4. The molecule has 1 aromatic carbocycles. The molecule has 0 spiro atoms. The van der Waals surface area contributed by atoms with Gasteiger partial charge in [-0.3, -0.25) is 9.78 Å². The first-order valence-electron chi connectivity index (χ1n) is 9.76. The van der Waals surface area contributed by atoms with Crippen LogP contribution in [0.15, 0.2) is 42.7 Å². The number of rotatable bonds is 5. The second kappa shape index (κ2) is 9.14. The Hall–Kier alpha value is -2.20. The van der Waals surface area contributed by atoms with E-state index in [-0.39, 0.29) is 7.43 Å². The van der Waals surface area contributed by atoms with Crippen LogP contribution in [0.3, 0.4) is 0 Å². The molecular weight excluding hydrogens is 334 g/mol. The minimum Gasteiger partial charge on any atom is -0.343 e. The quantitative estimate of drug-likeness (QED) is 0.878. The number of aryl methyl sites for hydroxylation is 1. The smallest absolute Gasteiger partial charge is 0.222 e. The summed E-state index contributed by atoms with van der Waals surface area (Å²) in [6.45, 7) is 3.75. The summed E-state index contributed by atoms with van der Waals surface area (Å²) in [5.74, 6) is 0.997. The van der Waals surface area contributed by atoms with E-state index >= 15 is 0 Å². The summed E-state index contributed by atoms with van der Waals surface area (Å²) >= 11 is 0. The summed E-state index contributed by atoms with van der Waals surface area (Å²) in [5, 5.41) is 3.37. The number of likely N-dealkylation sites (tertiary alicyclic amines) is 1. The average molecular weight is 366 g/mol. The molecule has 1 amide bonds. The molecule has 2 aliphatic rings. The molecule has 0 radical (unpaired) electrons. The highest BCUT2D eigenvalue weighted by atomic mass is 16.2. The van der Waals surface area contributed by atoms with Crippen LogP contribution in [0.4, 0.5) is 0 Å². The van der Waals surface area contributed by atoms with Gasteiger partial charge < -0.3 is 10.2 Å². The van der Waals surface area contributed by atoms with E-state index in [2.05, 4.69) is 45.5 Å². The normalized spacial score (nSPS) is 16.7. The van der Waals surface area contributed by atoms with Crippen LogP contribution in [0.1, 0.15) is 48.9 Å². The Kier molecular flexibility index (Phi) is 6.62. The number of hydrogen-bond acceptors (Lipinski definition) is 3. The number of pyridine rings is 1. The van der Waals surface area contributed by atoms with Gasteiger partial charge in [-0.15, -0.1) is 0 Å². The van der Waals surface area contributed by atoms with Crippen molar-refractivity contribution in [2.75, 3.05) is 13.1 Å². The van der Waals surface area contributed by atoms with Crippen molar-refractivity contribution in [3.05, 3.63) is 65.0 Å². The molecular formula is C23H31N3O. The fourth-order valence-electron chi connectivity index (χ4n) is 4.15. The highest BCUT2D eigenvalue weighted by molar-refractivity contribution is 5.76. The third-order valence-electron chi connectivity index (χ3n) is 5.77. The lowest BCUT2D eigenvalue weighted by Crippen LogP contribution is -2.39. The molecule has 0 aliphatic carbocycles. The first-order valence-corrected chi connectivity index (χ1v) is 9.76. The van der Waals surface area contributed by atoms with Crippen LogP contribution in [0, 0.1) is 5.92 Å². The van der Waals surface area contributed by atoms with Crippen molar-refractivity contribution in [2.45, 2.75) is 52.6 Å². The number of fused-ring (bicyclic) bond motifs is 1. The molecule has 2 aromatic rings. The third-order valence-corrected chi connectivity index (χ3v) is 5.77. The van der Waals surface area contributed by atoms with Gasteiger partial charge in [0.25, 0.3) is 0 Å². The summed E-state index contributed by atoms with van der Waals surface area (Å²) in [7, 11) is 0. The van der Waals surface area contributed by atoms with E-state index in [1.165, 1.54) is 22.3 Å². The Bertz CT molecular complexity index is 751. The zero-order valence-corrected chi connectivity index (χ0v) is 15.3. The molecule has 1 fully saturated rings. The highest BCUT2D eigenvalue weighted by Crippen LogP contribution is 2.23. The van der Waals surface area contributed by atoms with Gasteiger partial charge in [0.1, 0.15) is 0 Å². The number of hydrogen-bond donors (Lipinski definition) is 1. The number of nitrogens with one attached hydrogen (secondary N) is 1. The van der Waals surface area contributed by atoms with E-state index in [9.17, 15) is 4.79 Å². The predicted molar refractivity (Wildman–Crippen MR) is 109 cm³/mol. The average Bonchev–Trinajstić information content (AvgIpc) is 3.15. The number of carbonyl (C=O) groups excluding carboxylic acids is 1. The lowest BCUT2D eigenvalue weighted by Gasteiger charge is -2.32. The zero-order chi connectivity index (χ0) is 17.8. The third kappa shape index (κ3) is 4.95. The van der Waals surface area contributed by atoms with Crippen molar-refractivity contribution in [3.8, 4) is 0 Å². The van der Waals surface area contributed by atoms with Crippen LogP contribution in [-0.4, -0.2) is 28.9 Å². The SMILES string of the molecule is C.O=C(CCc1ccc2c(c1)CNC2)N1CCC(Cc2ccncc2)CC1. The number of amides is 1. The molecule has 144 valence electrons. The molecule has 0 saturated carbocycles. The summed E-state index contributed by atoms with van der Waals surface area (Å²) in [5.41, 5.74) is 5.44. The van der Waals surface area contributed by atoms with E-state index in [1.54, 1.807) is 0 Å². The molecule has 0 unspecified atom stereocenters. The van der Waals surface area contributed by atoms with E-state index in [1.807, 2.05) is 12.4 Å². The van der Waals surface area contributed by atoms with Crippen LogP contribution in [0.25, 0.3) is 0 Å². The van der Waals surface area contributed by atoms with Crippen LogP contribution in [0.5, 0.6) is 0 Å². The molecule has 1 N–H and O–H groups in total. The van der Waals surface area contributed by atoms with Gasteiger partial charge in [-0.1, -0.05) is 25.6 Å². The van der Waals surface area contributed by atoms with Gasteiger partial charge in [-0.05, 0) is 66.0 Å². The van der Waals surface area contributed by atoms with Crippen LogP contribution >= 0.6 is 0 Å². The van der Waals surface area contributed by atoms with Crippen molar-refractivity contribution in [3.63, 3.8) is 0 Å². The van der Waals surface area contributed by atoms with E-state index in [0.717, 1.165) is 51.9 Å². The largest absolute Gasteiger partial charge is 0.343 e. The molecule has 27 heavy (non-hydrogen) atoms. The summed E-state index contributed by atoms with van der Waals surface area (Å²) in [6, 6.07) is 10.9. The maximum absolute atomic E-state index is 12.6. The number of nitrogens with zero attached hydrogens (tertiary/aromatic N) is 2. The maximum atomic E-state index is 12.6. The summed E-state index contributed by atoms with van der Waals surface area (Å²) < 4.78 is 0. The Morgan fingerprint density at radius 2 is 1.78 bits per heavy atom. The van der Waals surface area contributed by atoms with Gasteiger partial charge in [0.05, 0.1) is 0 Å². The second-order valence-electron chi connectivity index (χ2n) is 7.59. The van der Waals surface area contributed by atoms with E-state index < -0.39 is 0 Å². The molecule has 3 heterocycles. The zero-order valence-electron chi connectivity index (χ0n) is 15.3. The Labute approximate surface area is 163 Å². The molecule has 0 atom stereocenters. The summed E-state index contributed by atoms with van der Waals surface area (Å²) in [6.07, 6.45) is 8.53. The van der Waals surface area contributed by atoms with Crippen molar-refractivity contribution in [1.82, 2.24) is 15.2 Å². The minimum absolute atomic E-state index is 0. The van der Waals surface area contributed by atoms with Gasteiger partial charge in [-0.25, -0.2) is 0 Å². The first-order chi connectivity index (χ1) is 12.8. The van der Waals surface area contributed by atoms with Crippen LogP contribution in [0.2, 0.25) is 0 Å². The molecule has 0 bridgehead atoms. The number of aromatic nitrogens is 1. The number of piperidine rings is 1. The van der Waals surface area contributed by atoms with Gasteiger partial charge in [0.15, 0.2) is 0 Å². The number of carbonyl (C=O) groups is 1. The predicted octanol–water partition coefficient (Wildman–Crippen LogP) is 3.73. The molecule has 4 heteroatoms.